The number of nitrogens with zero attached hydrogens (tertiary/aromatic N) is 6. The van der Waals surface area contributed by atoms with E-state index in [2.05, 4.69) is 64.4 Å². The van der Waals surface area contributed by atoms with Crippen molar-refractivity contribution in [3.8, 4) is 0 Å². The van der Waals surface area contributed by atoms with E-state index in [0.717, 1.165) is 23.8 Å². The number of hydrogen-bond acceptors (Lipinski definition) is 6. The Bertz CT molecular complexity index is 2530. The number of esters is 1. The van der Waals surface area contributed by atoms with Crippen LogP contribution < -0.4 is 9.80 Å². The van der Waals surface area contributed by atoms with Gasteiger partial charge in [-0.15, -0.1) is 0 Å². The van der Waals surface area contributed by atoms with Gasteiger partial charge in [0.2, 0.25) is 11.9 Å². The third kappa shape index (κ3) is 8.13. The molecule has 2 atom stereocenters. The highest BCUT2D eigenvalue weighted by Crippen LogP contribution is 2.44. The summed E-state index contributed by atoms with van der Waals surface area (Å²) in [5.74, 6) is 0.0189. The molecule has 10 nitrogen and oxygen atoms in total. The van der Waals surface area contributed by atoms with E-state index in [9.17, 15) is 14.4 Å². The second-order valence-electron chi connectivity index (χ2n) is 13.7. The van der Waals surface area contributed by atoms with E-state index in [4.69, 9.17) is 51.1 Å². The van der Waals surface area contributed by atoms with Crippen LogP contribution in [0, 0.1) is 3.70 Å². The standard InChI is InChI=1S/C21H16BrCl2N3O3.C19H13BrCl2IN3O/c1-21(10-12-3-5-13(22)6-4-12)19(29)27(16-8-14(23)7-15(24)9-16)20-25-17(11-26(20)21)18(28)30-2;1-19(9-11-2-4-12(20)5-3-11)17(27)26(18-24-16(23)10-25(18)19)15-7-13(21)6-14(22)8-15/h3-9,11H,10H2,1-2H3;2-8,10H,9H2,1H3. The molecule has 17 heteroatoms. The number of methoxy groups -OCH3 is 1. The molecule has 8 rings (SSSR count). The highest BCUT2D eigenvalue weighted by atomic mass is 127. The van der Waals surface area contributed by atoms with Crippen LogP contribution in [-0.2, 0) is 38.2 Å². The van der Waals surface area contributed by atoms with Crippen LogP contribution in [0.3, 0.4) is 0 Å². The van der Waals surface area contributed by atoms with Crippen LogP contribution in [0.2, 0.25) is 20.1 Å². The number of benzene rings is 4. The summed E-state index contributed by atoms with van der Waals surface area (Å²) in [5.41, 5.74) is 1.40. The Balaban J connectivity index is 0.000000175. The predicted octanol–water partition coefficient (Wildman–Crippen LogP) is 11.6. The van der Waals surface area contributed by atoms with Crippen molar-refractivity contribution < 1.29 is 19.1 Å². The van der Waals surface area contributed by atoms with Crippen molar-refractivity contribution in [2.45, 2.75) is 37.8 Å². The zero-order chi connectivity index (χ0) is 41.0. The van der Waals surface area contributed by atoms with E-state index in [1.54, 1.807) is 52.1 Å². The van der Waals surface area contributed by atoms with Crippen molar-refractivity contribution in [2.24, 2.45) is 0 Å². The van der Waals surface area contributed by atoms with E-state index in [1.165, 1.54) is 12.0 Å². The van der Waals surface area contributed by atoms with Crippen LogP contribution in [0.15, 0.2) is 106 Å². The Morgan fingerprint density at radius 2 is 1.05 bits per heavy atom. The quantitative estimate of drug-likeness (QED) is 0.117. The molecule has 4 aromatic carbocycles. The van der Waals surface area contributed by atoms with Crippen molar-refractivity contribution in [3.63, 3.8) is 0 Å². The molecule has 2 aliphatic heterocycles. The van der Waals surface area contributed by atoms with E-state index in [-0.39, 0.29) is 17.5 Å². The molecule has 0 spiro atoms. The van der Waals surface area contributed by atoms with Crippen LogP contribution >= 0.6 is 101 Å². The van der Waals surface area contributed by atoms with Gasteiger partial charge in [-0.3, -0.25) is 9.59 Å². The fourth-order valence-corrected chi connectivity index (χ4v) is 9.00. The Hall–Kier alpha value is -3.44. The van der Waals surface area contributed by atoms with Gasteiger partial charge in [-0.25, -0.2) is 24.6 Å². The third-order valence-electron chi connectivity index (χ3n) is 9.67. The molecule has 2 aliphatic rings. The number of rotatable bonds is 7. The summed E-state index contributed by atoms with van der Waals surface area (Å²) in [7, 11) is 1.29. The third-order valence-corrected chi connectivity index (χ3v) is 12.1. The molecule has 2 unspecified atom stereocenters. The van der Waals surface area contributed by atoms with E-state index >= 15 is 0 Å². The van der Waals surface area contributed by atoms with E-state index < -0.39 is 17.0 Å². The monoisotopic (exact) mass is 1080 g/mol. The minimum atomic E-state index is -1.02. The van der Waals surface area contributed by atoms with Crippen molar-refractivity contribution in [1.82, 2.24) is 19.1 Å². The van der Waals surface area contributed by atoms with Gasteiger partial charge < -0.3 is 13.9 Å². The molecule has 0 saturated carbocycles. The van der Waals surface area contributed by atoms with E-state index in [0.29, 0.717) is 56.2 Å². The number of halogens is 7. The normalized spacial score (nSPS) is 18.4. The van der Waals surface area contributed by atoms with Crippen molar-refractivity contribution in [2.75, 3.05) is 16.9 Å². The van der Waals surface area contributed by atoms with Gasteiger partial charge in [0.15, 0.2) is 5.69 Å². The lowest BCUT2D eigenvalue weighted by Gasteiger charge is -2.25. The first kappa shape index (κ1) is 41.7. The van der Waals surface area contributed by atoms with Crippen LogP contribution in [0.1, 0.15) is 35.5 Å². The summed E-state index contributed by atoms with van der Waals surface area (Å²) in [4.78, 5) is 51.3. The Kier molecular flexibility index (Phi) is 11.9. The van der Waals surface area contributed by atoms with Gasteiger partial charge in [-0.1, -0.05) is 103 Å². The number of ether oxygens (including phenoxy) is 1. The largest absolute Gasteiger partial charge is 0.464 e. The summed E-state index contributed by atoms with van der Waals surface area (Å²) in [6, 6.07) is 25.7. The van der Waals surface area contributed by atoms with Crippen molar-refractivity contribution >= 4 is 142 Å². The molecule has 4 heterocycles. The zero-order valence-corrected chi connectivity index (χ0v) is 38.5. The number of carbonyl (C=O) groups excluding carboxylic acids is 3. The Morgan fingerprint density at radius 3 is 1.46 bits per heavy atom. The van der Waals surface area contributed by atoms with Gasteiger partial charge in [0, 0.05) is 54.3 Å². The fraction of sp³-hybridized carbons (Fsp3) is 0.175. The maximum atomic E-state index is 13.6. The van der Waals surface area contributed by atoms with Gasteiger partial charge >= 0.3 is 5.97 Å². The molecule has 2 amide bonds. The first-order valence-electron chi connectivity index (χ1n) is 17.0. The molecule has 6 aromatic rings. The van der Waals surface area contributed by atoms with Crippen LogP contribution in [0.5, 0.6) is 0 Å². The number of carbonyl (C=O) groups is 3. The second-order valence-corrected chi connectivity index (χ2v) is 18.4. The molecule has 0 N–H and O–H groups in total. The van der Waals surface area contributed by atoms with Crippen molar-refractivity contribution in [3.05, 3.63) is 147 Å². The minimum Gasteiger partial charge on any atom is -0.464 e. The molecule has 292 valence electrons. The lowest BCUT2D eigenvalue weighted by Crippen LogP contribution is -2.41. The maximum absolute atomic E-state index is 13.6. The Labute approximate surface area is 378 Å². The molecule has 0 bridgehead atoms. The van der Waals surface area contributed by atoms with E-state index in [1.807, 2.05) is 73.1 Å². The highest BCUT2D eigenvalue weighted by molar-refractivity contribution is 14.1. The van der Waals surface area contributed by atoms with Gasteiger partial charge in [0.05, 0.1) is 18.5 Å². The summed E-state index contributed by atoms with van der Waals surface area (Å²) in [6.45, 7) is 3.75. The number of aromatic nitrogens is 4. The molecule has 0 fully saturated rings. The molecular weight excluding hydrogens is 1060 g/mol. The topological polar surface area (TPSA) is 103 Å². The average molecular weight is 1090 g/mol. The number of fused-ring (bicyclic) bond motifs is 2. The lowest BCUT2D eigenvalue weighted by atomic mass is 9.92. The fourth-order valence-electron chi connectivity index (χ4n) is 6.95. The Morgan fingerprint density at radius 1 is 0.667 bits per heavy atom. The molecule has 2 aromatic heterocycles. The molecule has 0 saturated heterocycles. The summed E-state index contributed by atoms with van der Waals surface area (Å²) < 4.78 is 11.2. The zero-order valence-electron chi connectivity index (χ0n) is 30.1. The lowest BCUT2D eigenvalue weighted by molar-refractivity contribution is -0.124. The first-order chi connectivity index (χ1) is 27.0. The van der Waals surface area contributed by atoms with Crippen LogP contribution in [0.25, 0.3) is 0 Å². The maximum Gasteiger partial charge on any atom is 0.358 e. The predicted molar refractivity (Wildman–Crippen MR) is 239 cm³/mol. The minimum absolute atomic E-state index is 0.0670. The smallest absolute Gasteiger partial charge is 0.358 e. The molecule has 57 heavy (non-hydrogen) atoms. The molecule has 0 radical (unpaired) electrons. The number of anilines is 4. The second kappa shape index (κ2) is 16.3. The van der Waals surface area contributed by atoms with Gasteiger partial charge in [0.25, 0.3) is 11.8 Å². The summed E-state index contributed by atoms with van der Waals surface area (Å²) in [5, 5.41) is 1.72. The molecular formula is C40H29Br2Cl4IN6O4. The summed E-state index contributed by atoms with van der Waals surface area (Å²) in [6.07, 6.45) is 4.39. The average Bonchev–Trinajstić information content (AvgIpc) is 3.86. The van der Waals surface area contributed by atoms with Gasteiger partial charge in [0.1, 0.15) is 14.8 Å². The first-order valence-corrected chi connectivity index (χ1v) is 21.2. The van der Waals surface area contributed by atoms with Crippen LogP contribution in [0.4, 0.5) is 23.3 Å². The number of hydrogen-bond donors (Lipinski definition) is 0. The molecule has 0 aliphatic carbocycles. The SMILES string of the molecule is CC1(Cc2ccc(Br)cc2)C(=O)N(c2cc(Cl)cc(Cl)c2)c2nc(I)cn21.COC(=O)c1cn2c(n1)N(c1cc(Cl)cc(Cl)c1)C(=O)C2(C)Cc1ccc(Br)cc1. The number of amides is 2. The summed E-state index contributed by atoms with van der Waals surface area (Å²) >= 11 is 33.7. The number of imidazole rings is 2. The van der Waals surface area contributed by atoms with Gasteiger partial charge in [-0.2, -0.15) is 0 Å². The van der Waals surface area contributed by atoms with Gasteiger partial charge in [-0.05, 0) is 108 Å². The van der Waals surface area contributed by atoms with Crippen LogP contribution in [-0.4, -0.2) is 44.0 Å². The highest BCUT2D eigenvalue weighted by Gasteiger charge is 2.51. The van der Waals surface area contributed by atoms with Crippen molar-refractivity contribution in [1.29, 1.82) is 0 Å².